The molecule has 0 saturated heterocycles. The van der Waals surface area contributed by atoms with Crippen molar-refractivity contribution in [2.75, 3.05) is 23.4 Å². The van der Waals surface area contributed by atoms with E-state index in [0.29, 0.717) is 22.9 Å². The molecule has 2 rings (SSSR count). The summed E-state index contributed by atoms with van der Waals surface area (Å²) in [6.45, 7) is 2.80. The maximum absolute atomic E-state index is 11.0. The third-order valence-corrected chi connectivity index (χ3v) is 4.74. The topological polar surface area (TPSA) is 80.1 Å². The van der Waals surface area contributed by atoms with Gasteiger partial charge in [0, 0.05) is 17.8 Å². The van der Waals surface area contributed by atoms with Gasteiger partial charge in [-0.25, -0.2) is 4.98 Å². The van der Waals surface area contributed by atoms with Crippen LogP contribution in [0, 0.1) is 10.1 Å². The molecule has 6 nitrogen and oxygen atoms in total. The molecule has 2 atom stereocenters. The van der Waals surface area contributed by atoms with Crippen LogP contribution in [0.5, 0.6) is 0 Å². The minimum Gasteiger partial charge on any atom is -0.370 e. The predicted molar refractivity (Wildman–Crippen MR) is 88.2 cm³/mol. The van der Waals surface area contributed by atoms with Gasteiger partial charge in [-0.05, 0) is 31.9 Å². The molecule has 1 aromatic rings. The molecule has 1 aliphatic carbocycles. The molecule has 0 bridgehead atoms. The average Bonchev–Trinajstić information content (AvgIpc) is 2.92. The first-order chi connectivity index (χ1) is 10.1. The van der Waals surface area contributed by atoms with E-state index < -0.39 is 0 Å². The van der Waals surface area contributed by atoms with Crippen LogP contribution in [0.3, 0.4) is 0 Å². The van der Waals surface area contributed by atoms with Crippen LogP contribution < -0.4 is 10.6 Å². The molecule has 0 radical (unpaired) electrons. The molecule has 0 aliphatic heterocycles. The number of nitro groups is 1. The molecule has 1 fully saturated rings. The van der Waals surface area contributed by atoms with E-state index in [1.54, 1.807) is 0 Å². The van der Waals surface area contributed by atoms with E-state index >= 15 is 0 Å². The highest BCUT2D eigenvalue weighted by atomic mass is 32.2. The Labute approximate surface area is 129 Å². The first-order valence-electron chi connectivity index (χ1n) is 7.32. The second-order valence-electron chi connectivity index (χ2n) is 5.29. The van der Waals surface area contributed by atoms with E-state index in [4.69, 9.17) is 0 Å². The molecule has 0 spiro atoms. The second-order valence-corrected chi connectivity index (χ2v) is 6.43. The van der Waals surface area contributed by atoms with Crippen LogP contribution in [0.4, 0.5) is 17.3 Å². The van der Waals surface area contributed by atoms with Gasteiger partial charge < -0.3 is 10.6 Å². The molecule has 7 heteroatoms. The van der Waals surface area contributed by atoms with Crippen LogP contribution in [0.2, 0.25) is 0 Å². The number of hydrogen-bond donors (Lipinski definition) is 2. The van der Waals surface area contributed by atoms with Crippen molar-refractivity contribution in [3.05, 3.63) is 22.2 Å². The molecule has 2 unspecified atom stereocenters. The maximum Gasteiger partial charge on any atom is 0.276 e. The van der Waals surface area contributed by atoms with Gasteiger partial charge in [0.25, 0.3) is 5.69 Å². The maximum atomic E-state index is 11.0. The first-order valence-corrected chi connectivity index (χ1v) is 8.60. The van der Waals surface area contributed by atoms with Crippen LogP contribution >= 0.6 is 11.8 Å². The Morgan fingerprint density at radius 2 is 2.19 bits per heavy atom. The highest BCUT2D eigenvalue weighted by Crippen LogP contribution is 2.31. The largest absolute Gasteiger partial charge is 0.370 e. The highest BCUT2D eigenvalue weighted by Gasteiger charge is 2.24. The fourth-order valence-electron chi connectivity index (χ4n) is 2.53. The number of hydrogen-bond acceptors (Lipinski definition) is 6. The van der Waals surface area contributed by atoms with Gasteiger partial charge >= 0.3 is 0 Å². The fraction of sp³-hybridized carbons (Fsp3) is 0.643. The Bertz CT molecular complexity index is 498. The summed E-state index contributed by atoms with van der Waals surface area (Å²) >= 11 is 1.89. The quantitative estimate of drug-likeness (QED) is 0.592. The number of pyridine rings is 1. The molecule has 1 saturated carbocycles. The normalized spacial score (nSPS) is 21.2. The van der Waals surface area contributed by atoms with Gasteiger partial charge in [-0.15, -0.1) is 0 Å². The Kier molecular flexibility index (Phi) is 5.67. The van der Waals surface area contributed by atoms with Gasteiger partial charge in [0.15, 0.2) is 0 Å². The van der Waals surface area contributed by atoms with Gasteiger partial charge in [-0.2, -0.15) is 11.8 Å². The number of nitrogens with zero attached hydrogens (tertiary/aromatic N) is 2. The third kappa shape index (κ3) is 4.49. The van der Waals surface area contributed by atoms with Crippen LogP contribution in [0.1, 0.15) is 32.6 Å². The van der Waals surface area contributed by atoms with Crippen molar-refractivity contribution in [3.63, 3.8) is 0 Å². The fourth-order valence-corrected chi connectivity index (χ4v) is 3.33. The number of aromatic nitrogens is 1. The van der Waals surface area contributed by atoms with Crippen LogP contribution in [-0.2, 0) is 0 Å². The van der Waals surface area contributed by atoms with Gasteiger partial charge in [-0.3, -0.25) is 10.1 Å². The zero-order valence-corrected chi connectivity index (χ0v) is 13.3. The Hall–Kier alpha value is -1.50. The molecule has 1 aliphatic rings. The predicted octanol–water partition coefficient (Wildman–Crippen LogP) is 3.51. The van der Waals surface area contributed by atoms with Crippen molar-refractivity contribution < 1.29 is 4.92 Å². The number of nitrogens with one attached hydrogen (secondary N) is 2. The summed E-state index contributed by atoms with van der Waals surface area (Å²) in [5, 5.41) is 18.2. The highest BCUT2D eigenvalue weighted by molar-refractivity contribution is 7.99. The summed E-state index contributed by atoms with van der Waals surface area (Å²) < 4.78 is 0. The molecule has 2 N–H and O–H groups in total. The summed E-state index contributed by atoms with van der Waals surface area (Å²) in [6.07, 6.45) is 6.45. The van der Waals surface area contributed by atoms with E-state index in [-0.39, 0.29) is 10.6 Å². The van der Waals surface area contributed by atoms with Gasteiger partial charge in [0.05, 0.1) is 17.1 Å². The van der Waals surface area contributed by atoms with Crippen molar-refractivity contribution in [1.29, 1.82) is 0 Å². The zero-order valence-electron chi connectivity index (χ0n) is 12.5. The molecule has 116 valence electrons. The van der Waals surface area contributed by atoms with Gasteiger partial charge in [0.1, 0.15) is 11.6 Å². The lowest BCUT2D eigenvalue weighted by Crippen LogP contribution is -2.17. The lowest BCUT2D eigenvalue weighted by Gasteiger charge is -2.14. The molecule has 1 heterocycles. The summed E-state index contributed by atoms with van der Waals surface area (Å²) in [4.78, 5) is 15.1. The Balaban J connectivity index is 2.10. The Morgan fingerprint density at radius 3 is 2.81 bits per heavy atom. The lowest BCUT2D eigenvalue weighted by molar-refractivity contribution is -0.384. The zero-order chi connectivity index (χ0) is 15.2. The molecule has 0 aromatic carbocycles. The third-order valence-electron chi connectivity index (χ3n) is 3.65. The minimum atomic E-state index is -0.372. The first kappa shape index (κ1) is 15.9. The number of thioether (sulfide) groups is 1. The van der Waals surface area contributed by atoms with Crippen LogP contribution in [-0.4, -0.2) is 34.0 Å². The second kappa shape index (κ2) is 7.49. The molecule has 21 heavy (non-hydrogen) atoms. The molecular formula is C14H22N4O2S. The Morgan fingerprint density at radius 1 is 1.43 bits per heavy atom. The lowest BCUT2D eigenvalue weighted by atomic mass is 10.2. The molecule has 1 aromatic heterocycles. The van der Waals surface area contributed by atoms with Gasteiger partial charge in [0.2, 0.25) is 0 Å². The average molecular weight is 310 g/mol. The van der Waals surface area contributed by atoms with Gasteiger partial charge in [-0.1, -0.05) is 6.92 Å². The molecule has 0 amide bonds. The van der Waals surface area contributed by atoms with E-state index in [0.717, 1.165) is 25.8 Å². The standard InChI is InChI=1S/C14H22N4O2S/c1-3-6-15-13-8-11(18(19)20)9-14(17-13)16-10-4-5-12(7-10)21-2/h8-10,12H,3-7H2,1-2H3,(H2,15,16,17). The molecular weight excluding hydrogens is 288 g/mol. The van der Waals surface area contributed by atoms with E-state index in [9.17, 15) is 10.1 Å². The van der Waals surface area contributed by atoms with Crippen molar-refractivity contribution >= 4 is 29.1 Å². The summed E-state index contributed by atoms with van der Waals surface area (Å²) in [6, 6.07) is 3.36. The minimum absolute atomic E-state index is 0.0746. The summed E-state index contributed by atoms with van der Waals surface area (Å²) in [5.74, 6) is 1.16. The smallest absolute Gasteiger partial charge is 0.276 e. The van der Waals surface area contributed by atoms with Crippen LogP contribution in [0.15, 0.2) is 12.1 Å². The van der Waals surface area contributed by atoms with Crippen molar-refractivity contribution in [2.45, 2.75) is 43.9 Å². The monoisotopic (exact) mass is 310 g/mol. The van der Waals surface area contributed by atoms with Crippen molar-refractivity contribution in [1.82, 2.24) is 4.98 Å². The van der Waals surface area contributed by atoms with E-state index in [1.807, 2.05) is 18.7 Å². The van der Waals surface area contributed by atoms with E-state index in [2.05, 4.69) is 21.9 Å². The van der Waals surface area contributed by atoms with Crippen molar-refractivity contribution in [3.8, 4) is 0 Å². The SMILES string of the molecule is CCCNc1cc([N+](=O)[O-])cc(NC2CCC(SC)C2)n1. The van der Waals surface area contributed by atoms with E-state index in [1.165, 1.54) is 18.6 Å². The van der Waals surface area contributed by atoms with Crippen molar-refractivity contribution in [2.24, 2.45) is 0 Å². The number of rotatable bonds is 7. The number of anilines is 2. The van der Waals surface area contributed by atoms with Crippen LogP contribution in [0.25, 0.3) is 0 Å². The summed E-state index contributed by atoms with van der Waals surface area (Å²) in [7, 11) is 0. The summed E-state index contributed by atoms with van der Waals surface area (Å²) in [5.41, 5.74) is 0.0746.